The molecule has 0 spiro atoms. The molecule has 0 saturated heterocycles. The summed E-state index contributed by atoms with van der Waals surface area (Å²) in [7, 11) is 0. The molecule has 3 N–H and O–H groups in total. The van der Waals surface area contributed by atoms with Crippen molar-refractivity contribution >= 4 is 0 Å². The minimum Gasteiger partial charge on any atom is -0.504 e. The maximum Gasteiger partial charge on any atom is 0.157 e. The quantitative estimate of drug-likeness (QED) is 0.584. The number of rotatable bonds is 5. The van der Waals surface area contributed by atoms with E-state index in [-0.39, 0.29) is 17.5 Å². The maximum atomic E-state index is 9.81. The number of fused-ring (bicyclic) bond motifs is 1. The monoisotopic (exact) mass is 313 g/mol. The van der Waals surface area contributed by atoms with E-state index in [1.165, 1.54) is 0 Å². The molecule has 0 fully saturated rings. The molecule has 0 saturated carbocycles. The number of benzene rings is 2. The summed E-state index contributed by atoms with van der Waals surface area (Å²) in [6.45, 7) is 3.73. The second kappa shape index (κ2) is 6.92. The van der Waals surface area contributed by atoms with Crippen molar-refractivity contribution in [3.05, 3.63) is 53.1 Å². The van der Waals surface area contributed by atoms with Gasteiger partial charge in [0.1, 0.15) is 5.75 Å². The van der Waals surface area contributed by atoms with Crippen LogP contribution in [0.1, 0.15) is 42.5 Å². The molecule has 1 unspecified atom stereocenters. The average molecular weight is 313 g/mol. The van der Waals surface area contributed by atoms with E-state index < -0.39 is 0 Å². The molecule has 4 heteroatoms. The minimum absolute atomic E-state index is 0.0231. The van der Waals surface area contributed by atoms with Crippen LogP contribution in [0.2, 0.25) is 0 Å². The van der Waals surface area contributed by atoms with E-state index in [4.69, 9.17) is 4.74 Å². The molecule has 122 valence electrons. The van der Waals surface area contributed by atoms with Crippen molar-refractivity contribution in [2.75, 3.05) is 13.2 Å². The molecule has 0 aliphatic carbocycles. The zero-order valence-electron chi connectivity index (χ0n) is 13.4. The predicted molar refractivity (Wildman–Crippen MR) is 90.2 cm³/mol. The molecule has 1 aliphatic rings. The first-order valence-electron chi connectivity index (χ1n) is 8.20. The molecule has 2 aromatic carbocycles. The number of aromatic hydroxyl groups is 2. The van der Waals surface area contributed by atoms with Gasteiger partial charge in [-0.3, -0.25) is 0 Å². The number of unbranched alkanes of at least 4 members (excludes halogenated alkanes) is 1. The molecule has 0 amide bonds. The van der Waals surface area contributed by atoms with Crippen LogP contribution in [0.5, 0.6) is 17.2 Å². The number of ether oxygens (including phenoxy) is 1. The van der Waals surface area contributed by atoms with Crippen LogP contribution >= 0.6 is 0 Å². The van der Waals surface area contributed by atoms with Gasteiger partial charge in [-0.1, -0.05) is 25.5 Å². The van der Waals surface area contributed by atoms with Gasteiger partial charge in [-0.15, -0.1) is 0 Å². The van der Waals surface area contributed by atoms with Gasteiger partial charge in [0.2, 0.25) is 0 Å². The molecular formula is C19H23NO3. The van der Waals surface area contributed by atoms with Crippen molar-refractivity contribution in [2.24, 2.45) is 0 Å². The summed E-state index contributed by atoms with van der Waals surface area (Å²) in [5.41, 5.74) is 3.22. The summed E-state index contributed by atoms with van der Waals surface area (Å²) in [5.74, 6) is 0.757. The third-order valence-electron chi connectivity index (χ3n) is 4.27. The highest BCUT2D eigenvalue weighted by Gasteiger charge is 2.23. The topological polar surface area (TPSA) is 61.7 Å². The van der Waals surface area contributed by atoms with Crippen LogP contribution in [0.3, 0.4) is 0 Å². The number of phenols is 2. The first-order chi connectivity index (χ1) is 11.2. The van der Waals surface area contributed by atoms with Crippen LogP contribution < -0.4 is 10.1 Å². The van der Waals surface area contributed by atoms with Crippen molar-refractivity contribution < 1.29 is 14.9 Å². The lowest BCUT2D eigenvalue weighted by Crippen LogP contribution is -2.30. The van der Waals surface area contributed by atoms with Crippen LogP contribution in [0.25, 0.3) is 0 Å². The van der Waals surface area contributed by atoms with Gasteiger partial charge in [-0.05, 0) is 53.8 Å². The van der Waals surface area contributed by atoms with Crippen LogP contribution in [0.15, 0.2) is 36.4 Å². The number of phenolic OH excluding ortho intramolecular Hbond substituents is 2. The highest BCUT2D eigenvalue weighted by atomic mass is 16.5. The van der Waals surface area contributed by atoms with Gasteiger partial charge < -0.3 is 20.3 Å². The predicted octanol–water partition coefficient (Wildman–Crippen LogP) is 3.51. The summed E-state index contributed by atoms with van der Waals surface area (Å²) < 4.78 is 5.70. The molecule has 23 heavy (non-hydrogen) atoms. The van der Waals surface area contributed by atoms with E-state index in [0.717, 1.165) is 54.9 Å². The summed E-state index contributed by atoms with van der Waals surface area (Å²) in [4.78, 5) is 0. The molecular weight excluding hydrogens is 290 g/mol. The fourth-order valence-corrected chi connectivity index (χ4v) is 2.97. The van der Waals surface area contributed by atoms with Gasteiger partial charge in [-0.25, -0.2) is 0 Å². The summed E-state index contributed by atoms with van der Waals surface area (Å²) >= 11 is 0. The van der Waals surface area contributed by atoms with Crippen LogP contribution in [0.4, 0.5) is 0 Å². The van der Waals surface area contributed by atoms with Crippen molar-refractivity contribution in [3.63, 3.8) is 0 Å². The Hall–Kier alpha value is -2.20. The Labute approximate surface area is 136 Å². The fourth-order valence-electron chi connectivity index (χ4n) is 2.97. The van der Waals surface area contributed by atoms with Crippen molar-refractivity contribution in [1.82, 2.24) is 5.32 Å². The molecule has 0 radical (unpaired) electrons. The Kier molecular flexibility index (Phi) is 4.72. The van der Waals surface area contributed by atoms with E-state index in [2.05, 4.69) is 24.4 Å². The minimum atomic E-state index is -0.0723. The lowest BCUT2D eigenvalue weighted by Gasteiger charge is -2.28. The van der Waals surface area contributed by atoms with E-state index >= 15 is 0 Å². The van der Waals surface area contributed by atoms with Crippen molar-refractivity contribution in [3.8, 4) is 17.2 Å². The van der Waals surface area contributed by atoms with Crippen LogP contribution in [-0.2, 0) is 6.42 Å². The largest absolute Gasteiger partial charge is 0.504 e. The number of nitrogens with one attached hydrogen (secondary N) is 1. The van der Waals surface area contributed by atoms with Gasteiger partial charge >= 0.3 is 0 Å². The smallest absolute Gasteiger partial charge is 0.157 e. The zero-order chi connectivity index (χ0) is 16.2. The summed E-state index contributed by atoms with van der Waals surface area (Å²) in [6.07, 6.45) is 3.02. The van der Waals surface area contributed by atoms with Crippen LogP contribution in [-0.4, -0.2) is 23.4 Å². The Morgan fingerprint density at radius 3 is 2.61 bits per heavy atom. The lowest BCUT2D eigenvalue weighted by atomic mass is 9.89. The van der Waals surface area contributed by atoms with Crippen molar-refractivity contribution in [2.45, 2.75) is 32.2 Å². The second-order valence-electron chi connectivity index (χ2n) is 5.95. The highest BCUT2D eigenvalue weighted by molar-refractivity contribution is 5.50. The summed E-state index contributed by atoms with van der Waals surface area (Å²) in [6, 6.07) is 11.4. The highest BCUT2D eigenvalue weighted by Crippen LogP contribution is 2.36. The van der Waals surface area contributed by atoms with Gasteiger partial charge in [0.05, 0.1) is 12.6 Å². The maximum absolute atomic E-state index is 9.81. The third-order valence-corrected chi connectivity index (χ3v) is 4.27. The fraction of sp³-hybridized carbons (Fsp3) is 0.368. The van der Waals surface area contributed by atoms with Crippen molar-refractivity contribution in [1.29, 1.82) is 0 Å². The SMILES string of the molecule is CCCCOc1ccc(C2NCCc3cc(O)c(O)cc32)cc1. The number of hydrogen-bond donors (Lipinski definition) is 3. The summed E-state index contributed by atoms with van der Waals surface area (Å²) in [5, 5.41) is 23.0. The van der Waals surface area contributed by atoms with Gasteiger partial charge in [0.15, 0.2) is 11.5 Å². The molecule has 0 bridgehead atoms. The normalized spacial score (nSPS) is 16.8. The molecule has 1 heterocycles. The van der Waals surface area contributed by atoms with E-state index in [1.807, 2.05) is 12.1 Å². The molecule has 1 atom stereocenters. The Bertz CT molecular complexity index is 667. The molecule has 2 aromatic rings. The standard InChI is InChI=1S/C19H23NO3/c1-2-3-10-23-15-6-4-13(5-7-15)19-16-12-18(22)17(21)11-14(16)8-9-20-19/h4-7,11-12,19-22H,2-3,8-10H2,1H3. The zero-order valence-corrected chi connectivity index (χ0v) is 13.4. The van der Waals surface area contributed by atoms with E-state index in [9.17, 15) is 10.2 Å². The van der Waals surface area contributed by atoms with Gasteiger partial charge in [-0.2, -0.15) is 0 Å². The van der Waals surface area contributed by atoms with Crippen LogP contribution in [0, 0.1) is 0 Å². The molecule has 3 rings (SSSR count). The first-order valence-corrected chi connectivity index (χ1v) is 8.20. The Balaban J connectivity index is 1.82. The Morgan fingerprint density at radius 2 is 1.87 bits per heavy atom. The third kappa shape index (κ3) is 3.42. The Morgan fingerprint density at radius 1 is 1.13 bits per heavy atom. The number of hydrogen-bond acceptors (Lipinski definition) is 4. The van der Waals surface area contributed by atoms with E-state index in [0.29, 0.717) is 0 Å². The molecule has 1 aliphatic heterocycles. The average Bonchev–Trinajstić information content (AvgIpc) is 2.56. The molecule has 4 nitrogen and oxygen atoms in total. The van der Waals surface area contributed by atoms with E-state index in [1.54, 1.807) is 12.1 Å². The molecule has 0 aromatic heterocycles. The first kappa shape index (κ1) is 15.7. The lowest BCUT2D eigenvalue weighted by molar-refractivity contribution is 0.309. The van der Waals surface area contributed by atoms with Gasteiger partial charge in [0, 0.05) is 6.54 Å². The second-order valence-corrected chi connectivity index (χ2v) is 5.95. The van der Waals surface area contributed by atoms with Gasteiger partial charge in [0.25, 0.3) is 0 Å².